The summed E-state index contributed by atoms with van der Waals surface area (Å²) < 4.78 is 0. The number of nitrogens with one attached hydrogen (secondary N) is 1. The molecule has 25 heavy (non-hydrogen) atoms. The molecule has 0 radical (unpaired) electrons. The van der Waals surface area contributed by atoms with Crippen molar-refractivity contribution < 1.29 is 9.59 Å². The zero-order valence-corrected chi connectivity index (χ0v) is 15.4. The largest absolute Gasteiger partial charge is 0.336 e. The van der Waals surface area contributed by atoms with E-state index in [9.17, 15) is 9.59 Å². The quantitative estimate of drug-likeness (QED) is 0.863. The van der Waals surface area contributed by atoms with Crippen LogP contribution in [0.4, 0.5) is 5.69 Å². The normalized spacial score (nSPS) is 27.6. The van der Waals surface area contributed by atoms with Gasteiger partial charge >= 0.3 is 0 Å². The molecule has 2 bridgehead atoms. The fraction of sp³-hybridized carbons (Fsp3) is 0.600. The third-order valence-corrected chi connectivity index (χ3v) is 5.89. The van der Waals surface area contributed by atoms with Gasteiger partial charge in [-0.25, -0.2) is 0 Å². The molecule has 3 rings (SSSR count). The van der Waals surface area contributed by atoms with E-state index in [0.29, 0.717) is 18.4 Å². The highest BCUT2D eigenvalue weighted by Crippen LogP contribution is 2.47. The molecule has 0 saturated heterocycles. The molecule has 5 nitrogen and oxygen atoms in total. The van der Waals surface area contributed by atoms with Gasteiger partial charge in [-0.1, -0.05) is 12.1 Å². The lowest BCUT2D eigenvalue weighted by Crippen LogP contribution is -2.42. The Hall–Kier alpha value is -1.88. The van der Waals surface area contributed by atoms with E-state index in [-0.39, 0.29) is 29.8 Å². The van der Waals surface area contributed by atoms with Gasteiger partial charge < -0.3 is 16.0 Å². The molecule has 5 heteroatoms. The first kappa shape index (κ1) is 17.9. The Balaban J connectivity index is 1.61. The second kappa shape index (κ2) is 7.16. The van der Waals surface area contributed by atoms with Crippen molar-refractivity contribution in [1.29, 1.82) is 0 Å². The average molecular weight is 343 g/mol. The van der Waals surface area contributed by atoms with Gasteiger partial charge in [-0.05, 0) is 62.6 Å². The van der Waals surface area contributed by atoms with Gasteiger partial charge in [0.25, 0.3) is 0 Å². The molecular weight excluding hydrogens is 314 g/mol. The maximum Gasteiger partial charge on any atom is 0.229 e. The van der Waals surface area contributed by atoms with Crippen LogP contribution in [0.1, 0.15) is 45.6 Å². The van der Waals surface area contributed by atoms with Crippen molar-refractivity contribution in [3.8, 4) is 0 Å². The topological polar surface area (TPSA) is 75.4 Å². The second-order valence-electron chi connectivity index (χ2n) is 7.86. The Morgan fingerprint density at radius 2 is 1.84 bits per heavy atom. The van der Waals surface area contributed by atoms with E-state index >= 15 is 0 Å². The molecule has 0 aromatic heterocycles. The lowest BCUT2D eigenvalue weighted by molar-refractivity contribution is -0.131. The summed E-state index contributed by atoms with van der Waals surface area (Å²) >= 11 is 0. The zero-order chi connectivity index (χ0) is 18.1. The predicted octanol–water partition coefficient (Wildman–Crippen LogP) is 2.76. The lowest BCUT2D eigenvalue weighted by atomic mass is 9.84. The third-order valence-electron chi connectivity index (χ3n) is 5.89. The Labute approximate surface area is 150 Å². The van der Waals surface area contributed by atoms with Crippen LogP contribution in [-0.4, -0.2) is 28.8 Å². The van der Waals surface area contributed by atoms with Crippen LogP contribution in [0.25, 0.3) is 0 Å². The molecule has 0 aliphatic heterocycles. The van der Waals surface area contributed by atoms with Crippen molar-refractivity contribution in [2.45, 2.75) is 58.7 Å². The number of hydrogen-bond donors (Lipinski definition) is 2. The SMILES string of the molecule is CC(=O)N(Cc1ccc(NC(=O)C2C3CCC(C3)C2N)cc1)C(C)C. The van der Waals surface area contributed by atoms with Crippen molar-refractivity contribution in [3.05, 3.63) is 29.8 Å². The molecule has 2 aliphatic rings. The van der Waals surface area contributed by atoms with Crippen molar-refractivity contribution >= 4 is 17.5 Å². The van der Waals surface area contributed by atoms with Crippen LogP contribution in [0.2, 0.25) is 0 Å². The molecule has 3 N–H and O–H groups in total. The van der Waals surface area contributed by atoms with Gasteiger partial charge in [0, 0.05) is 31.2 Å². The summed E-state index contributed by atoms with van der Waals surface area (Å²) in [6, 6.07) is 7.92. The van der Waals surface area contributed by atoms with E-state index in [0.717, 1.165) is 24.1 Å². The number of anilines is 1. The molecule has 2 fully saturated rings. The number of benzene rings is 1. The van der Waals surface area contributed by atoms with Crippen LogP contribution in [0.3, 0.4) is 0 Å². The molecule has 4 atom stereocenters. The highest BCUT2D eigenvalue weighted by atomic mass is 16.2. The molecule has 0 spiro atoms. The number of carbonyl (C=O) groups is 2. The van der Waals surface area contributed by atoms with E-state index < -0.39 is 0 Å². The highest BCUT2D eigenvalue weighted by molar-refractivity contribution is 5.93. The van der Waals surface area contributed by atoms with E-state index in [1.807, 2.05) is 43.0 Å². The minimum Gasteiger partial charge on any atom is -0.336 e. The summed E-state index contributed by atoms with van der Waals surface area (Å²) in [6.45, 7) is 6.19. The van der Waals surface area contributed by atoms with Gasteiger partial charge in [-0.15, -0.1) is 0 Å². The minimum absolute atomic E-state index is 0.00758. The van der Waals surface area contributed by atoms with Gasteiger partial charge in [0.05, 0.1) is 5.92 Å². The minimum atomic E-state index is -0.0485. The first-order valence-corrected chi connectivity index (χ1v) is 9.29. The van der Waals surface area contributed by atoms with Crippen LogP contribution >= 0.6 is 0 Å². The Morgan fingerprint density at radius 1 is 1.20 bits per heavy atom. The van der Waals surface area contributed by atoms with E-state index in [2.05, 4.69) is 5.32 Å². The molecule has 2 aliphatic carbocycles. The number of fused-ring (bicyclic) bond motifs is 2. The predicted molar refractivity (Wildman–Crippen MR) is 98.7 cm³/mol. The lowest BCUT2D eigenvalue weighted by Gasteiger charge is -2.27. The van der Waals surface area contributed by atoms with Gasteiger partial charge in [0.2, 0.25) is 11.8 Å². The van der Waals surface area contributed by atoms with Crippen LogP contribution in [-0.2, 0) is 16.1 Å². The van der Waals surface area contributed by atoms with Gasteiger partial charge in [-0.2, -0.15) is 0 Å². The van der Waals surface area contributed by atoms with Crippen molar-refractivity contribution in [1.82, 2.24) is 4.90 Å². The number of nitrogens with zero attached hydrogens (tertiary/aromatic N) is 1. The zero-order valence-electron chi connectivity index (χ0n) is 15.4. The number of nitrogens with two attached hydrogens (primary N) is 1. The summed E-state index contributed by atoms with van der Waals surface area (Å²) in [5, 5.41) is 3.03. The maximum atomic E-state index is 12.6. The molecule has 2 amide bonds. The third kappa shape index (κ3) is 3.71. The van der Waals surface area contributed by atoms with E-state index in [1.165, 1.54) is 6.42 Å². The Bertz CT molecular complexity index is 639. The maximum absolute atomic E-state index is 12.6. The summed E-state index contributed by atoms with van der Waals surface area (Å²) in [5.41, 5.74) is 8.10. The standard InChI is InChI=1S/C20H29N3O2/c1-12(2)23(13(3)24)11-14-4-8-17(9-5-14)22-20(25)18-15-6-7-16(10-15)19(18)21/h4-5,8-9,12,15-16,18-19H,6-7,10-11,21H2,1-3H3,(H,22,25). The fourth-order valence-electron chi connectivity index (χ4n) is 4.50. The van der Waals surface area contributed by atoms with E-state index in [4.69, 9.17) is 5.73 Å². The number of hydrogen-bond acceptors (Lipinski definition) is 3. The molecule has 1 aromatic carbocycles. The van der Waals surface area contributed by atoms with Crippen molar-refractivity contribution in [2.24, 2.45) is 23.5 Å². The first-order chi connectivity index (χ1) is 11.9. The van der Waals surface area contributed by atoms with Crippen molar-refractivity contribution in [3.63, 3.8) is 0 Å². The molecule has 136 valence electrons. The summed E-state index contributed by atoms with van der Waals surface area (Å²) in [4.78, 5) is 26.1. The van der Waals surface area contributed by atoms with Crippen LogP contribution in [0.5, 0.6) is 0 Å². The Kier molecular flexibility index (Phi) is 5.13. The molecule has 1 aromatic rings. The van der Waals surface area contributed by atoms with Crippen LogP contribution < -0.4 is 11.1 Å². The Morgan fingerprint density at radius 3 is 2.36 bits per heavy atom. The summed E-state index contributed by atoms with van der Waals surface area (Å²) in [5.74, 6) is 1.05. The molecule has 2 saturated carbocycles. The molecule has 4 unspecified atom stereocenters. The van der Waals surface area contributed by atoms with Crippen LogP contribution in [0, 0.1) is 17.8 Å². The highest BCUT2D eigenvalue weighted by Gasteiger charge is 2.49. The smallest absolute Gasteiger partial charge is 0.229 e. The van der Waals surface area contributed by atoms with Gasteiger partial charge in [0.1, 0.15) is 0 Å². The monoisotopic (exact) mass is 343 g/mol. The molecular formula is C20H29N3O2. The average Bonchev–Trinajstić information content (AvgIpc) is 3.14. The number of amides is 2. The summed E-state index contributed by atoms with van der Waals surface area (Å²) in [7, 11) is 0. The second-order valence-corrected chi connectivity index (χ2v) is 7.86. The fourth-order valence-corrected chi connectivity index (χ4v) is 4.50. The van der Waals surface area contributed by atoms with Crippen molar-refractivity contribution in [2.75, 3.05) is 5.32 Å². The van der Waals surface area contributed by atoms with Gasteiger partial charge in [0.15, 0.2) is 0 Å². The number of carbonyl (C=O) groups excluding carboxylic acids is 2. The van der Waals surface area contributed by atoms with Crippen LogP contribution in [0.15, 0.2) is 24.3 Å². The number of rotatable bonds is 5. The van der Waals surface area contributed by atoms with E-state index in [1.54, 1.807) is 6.92 Å². The molecule has 0 heterocycles. The first-order valence-electron chi connectivity index (χ1n) is 9.29. The van der Waals surface area contributed by atoms with Gasteiger partial charge in [-0.3, -0.25) is 9.59 Å². The summed E-state index contributed by atoms with van der Waals surface area (Å²) in [6.07, 6.45) is 3.41.